The van der Waals surface area contributed by atoms with Crippen molar-refractivity contribution in [3.05, 3.63) is 95.4 Å². The van der Waals surface area contributed by atoms with Gasteiger partial charge in [-0.1, -0.05) is 24.3 Å². The smallest absolute Gasteiger partial charge is 0.135 e. The molecular formula is C28H28F2N2O. The largest absolute Gasteiger partial charge is 0.467 e. The van der Waals surface area contributed by atoms with Crippen molar-refractivity contribution in [2.75, 3.05) is 10.6 Å². The molecule has 0 aliphatic heterocycles. The lowest BCUT2D eigenvalue weighted by molar-refractivity contribution is 0.518. The zero-order chi connectivity index (χ0) is 23.5. The van der Waals surface area contributed by atoms with Crippen LogP contribution in [0.3, 0.4) is 0 Å². The molecule has 0 fully saturated rings. The summed E-state index contributed by atoms with van der Waals surface area (Å²) in [5, 5.41) is 6.57. The second-order valence-electron chi connectivity index (χ2n) is 8.51. The van der Waals surface area contributed by atoms with Gasteiger partial charge < -0.3 is 15.1 Å². The third kappa shape index (κ3) is 4.77. The van der Waals surface area contributed by atoms with Crippen LogP contribution in [0.5, 0.6) is 0 Å². The Morgan fingerprint density at radius 2 is 1.27 bits per heavy atom. The topological polar surface area (TPSA) is 37.2 Å². The maximum atomic E-state index is 15.6. The minimum atomic E-state index is -0.399. The third-order valence-corrected chi connectivity index (χ3v) is 5.70. The minimum absolute atomic E-state index is 0.292. The first kappa shape index (κ1) is 22.6. The Morgan fingerprint density at radius 3 is 1.73 bits per heavy atom. The lowest BCUT2D eigenvalue weighted by atomic mass is 9.90. The molecule has 0 saturated carbocycles. The number of nitrogens with one attached hydrogen (secondary N) is 2. The molecule has 5 heteroatoms. The minimum Gasteiger partial charge on any atom is -0.467 e. The maximum Gasteiger partial charge on any atom is 0.135 e. The van der Waals surface area contributed by atoms with Gasteiger partial charge in [-0.3, -0.25) is 0 Å². The second kappa shape index (κ2) is 9.49. The first-order chi connectivity index (χ1) is 15.8. The van der Waals surface area contributed by atoms with Crippen LogP contribution in [0.25, 0.3) is 22.3 Å². The van der Waals surface area contributed by atoms with E-state index in [1.807, 2.05) is 48.5 Å². The van der Waals surface area contributed by atoms with Crippen LogP contribution in [0, 0.1) is 25.5 Å². The van der Waals surface area contributed by atoms with Gasteiger partial charge in [0.25, 0.3) is 0 Å². The molecule has 1 heterocycles. The van der Waals surface area contributed by atoms with Crippen LogP contribution >= 0.6 is 0 Å². The van der Waals surface area contributed by atoms with Gasteiger partial charge in [0.2, 0.25) is 0 Å². The van der Waals surface area contributed by atoms with Gasteiger partial charge in [0.05, 0.1) is 12.8 Å². The third-order valence-electron chi connectivity index (χ3n) is 5.70. The number of halogens is 2. The summed E-state index contributed by atoms with van der Waals surface area (Å²) in [6.45, 7) is 7.92. The van der Waals surface area contributed by atoms with Crippen molar-refractivity contribution < 1.29 is 13.2 Å². The lowest BCUT2D eigenvalue weighted by Crippen LogP contribution is -2.09. The van der Waals surface area contributed by atoms with E-state index in [-0.39, 0.29) is 0 Å². The summed E-state index contributed by atoms with van der Waals surface area (Å²) < 4.78 is 36.4. The Balaban J connectivity index is 1.64. The van der Waals surface area contributed by atoms with E-state index in [0.717, 1.165) is 17.1 Å². The summed E-state index contributed by atoms with van der Waals surface area (Å²) >= 11 is 0. The number of furan rings is 1. The summed E-state index contributed by atoms with van der Waals surface area (Å²) in [4.78, 5) is 0. The van der Waals surface area contributed by atoms with E-state index >= 15 is 8.78 Å². The molecule has 0 saturated heterocycles. The molecule has 1 aromatic heterocycles. The summed E-state index contributed by atoms with van der Waals surface area (Å²) in [7, 11) is 0. The van der Waals surface area contributed by atoms with Crippen LogP contribution in [0.4, 0.5) is 20.2 Å². The van der Waals surface area contributed by atoms with E-state index in [2.05, 4.69) is 24.5 Å². The standard InChI is InChI=1S/C28H28F2N2O/c1-17(2)32-23-13-9-21(10-14-23)26-19(4)27(29)25(18(3)28(26)30)20-7-11-22(12-8-20)31-16-24-6-5-15-33-24/h5-15,17,31-32H,16H2,1-4H3. The molecule has 4 aromatic rings. The highest BCUT2D eigenvalue weighted by Crippen LogP contribution is 2.38. The fraction of sp³-hybridized carbons (Fsp3) is 0.214. The van der Waals surface area contributed by atoms with E-state index in [4.69, 9.17) is 4.42 Å². The van der Waals surface area contributed by atoms with Gasteiger partial charge in [0.1, 0.15) is 17.4 Å². The number of rotatable bonds is 7. The van der Waals surface area contributed by atoms with Crippen molar-refractivity contribution in [3.8, 4) is 22.3 Å². The van der Waals surface area contributed by atoms with Crippen molar-refractivity contribution in [1.82, 2.24) is 0 Å². The highest BCUT2D eigenvalue weighted by atomic mass is 19.1. The van der Waals surface area contributed by atoms with Crippen LogP contribution in [0.2, 0.25) is 0 Å². The molecule has 0 amide bonds. The molecule has 0 aliphatic rings. The molecule has 0 unspecified atom stereocenters. The summed E-state index contributed by atoms with van der Waals surface area (Å²) in [5.41, 5.74) is 4.32. The molecular weight excluding hydrogens is 418 g/mol. The monoisotopic (exact) mass is 446 g/mol. The fourth-order valence-corrected chi connectivity index (χ4v) is 4.03. The Morgan fingerprint density at radius 1 is 0.758 bits per heavy atom. The zero-order valence-electron chi connectivity index (χ0n) is 19.3. The van der Waals surface area contributed by atoms with Gasteiger partial charge >= 0.3 is 0 Å². The first-order valence-electron chi connectivity index (χ1n) is 11.1. The average Bonchev–Trinajstić information content (AvgIpc) is 3.32. The van der Waals surface area contributed by atoms with Crippen molar-refractivity contribution in [3.63, 3.8) is 0 Å². The molecule has 0 radical (unpaired) electrons. The molecule has 0 atom stereocenters. The fourth-order valence-electron chi connectivity index (χ4n) is 4.03. The molecule has 0 bridgehead atoms. The van der Waals surface area contributed by atoms with E-state index in [9.17, 15) is 0 Å². The molecule has 0 spiro atoms. The number of hydrogen-bond acceptors (Lipinski definition) is 3. The summed E-state index contributed by atoms with van der Waals surface area (Å²) in [6.07, 6.45) is 1.63. The average molecular weight is 447 g/mol. The molecule has 0 aliphatic carbocycles. The number of anilines is 2. The SMILES string of the molecule is Cc1c(F)c(-c2ccc(NC(C)C)cc2)c(C)c(F)c1-c1ccc(NCc2ccco2)cc1. The first-order valence-corrected chi connectivity index (χ1v) is 11.1. The van der Waals surface area contributed by atoms with Crippen molar-refractivity contribution >= 4 is 11.4 Å². The van der Waals surface area contributed by atoms with Crippen molar-refractivity contribution in [2.24, 2.45) is 0 Å². The van der Waals surface area contributed by atoms with Crippen LogP contribution in [0.15, 0.2) is 71.3 Å². The van der Waals surface area contributed by atoms with Crippen LogP contribution < -0.4 is 10.6 Å². The quantitative estimate of drug-likeness (QED) is 0.302. The molecule has 2 N–H and O–H groups in total. The van der Waals surface area contributed by atoms with E-state index < -0.39 is 11.6 Å². The number of benzene rings is 3. The maximum absolute atomic E-state index is 15.6. The highest BCUT2D eigenvalue weighted by molar-refractivity contribution is 5.79. The molecule has 170 valence electrons. The van der Waals surface area contributed by atoms with Gasteiger partial charge in [-0.15, -0.1) is 0 Å². The second-order valence-corrected chi connectivity index (χ2v) is 8.51. The molecule has 33 heavy (non-hydrogen) atoms. The van der Waals surface area contributed by atoms with Gasteiger partial charge in [0, 0.05) is 28.5 Å². The van der Waals surface area contributed by atoms with Crippen LogP contribution in [0.1, 0.15) is 30.7 Å². The predicted molar refractivity (Wildman–Crippen MR) is 131 cm³/mol. The lowest BCUT2D eigenvalue weighted by Gasteiger charge is -2.18. The van der Waals surface area contributed by atoms with Crippen LogP contribution in [-0.2, 0) is 6.54 Å². The Bertz CT molecular complexity index is 1200. The van der Waals surface area contributed by atoms with E-state index in [0.29, 0.717) is 46.0 Å². The zero-order valence-corrected chi connectivity index (χ0v) is 19.3. The van der Waals surface area contributed by atoms with Gasteiger partial charge in [-0.2, -0.15) is 0 Å². The highest BCUT2D eigenvalue weighted by Gasteiger charge is 2.22. The number of hydrogen-bond donors (Lipinski definition) is 2. The summed E-state index contributed by atoms with van der Waals surface area (Å²) in [6, 6.07) is 18.8. The van der Waals surface area contributed by atoms with E-state index in [1.165, 1.54) is 0 Å². The molecule has 3 nitrogen and oxygen atoms in total. The Labute approximate surface area is 193 Å². The van der Waals surface area contributed by atoms with Crippen molar-refractivity contribution in [2.45, 2.75) is 40.3 Å². The van der Waals surface area contributed by atoms with E-state index in [1.54, 1.807) is 32.2 Å². The molecule has 4 rings (SSSR count). The normalized spacial score (nSPS) is 11.1. The Hall–Kier alpha value is -3.60. The van der Waals surface area contributed by atoms with Gasteiger partial charge in [0.15, 0.2) is 0 Å². The Kier molecular flexibility index (Phi) is 6.50. The van der Waals surface area contributed by atoms with Gasteiger partial charge in [-0.25, -0.2) is 8.78 Å². The van der Waals surface area contributed by atoms with Crippen LogP contribution in [-0.4, -0.2) is 6.04 Å². The van der Waals surface area contributed by atoms with Crippen molar-refractivity contribution in [1.29, 1.82) is 0 Å². The predicted octanol–water partition coefficient (Wildman–Crippen LogP) is 7.94. The van der Waals surface area contributed by atoms with Gasteiger partial charge in [-0.05, 0) is 86.3 Å². The molecule has 3 aromatic carbocycles. The summed E-state index contributed by atoms with van der Waals surface area (Å²) in [5.74, 6) is 0.0281.